The lowest BCUT2D eigenvalue weighted by Crippen LogP contribution is -2.26. The van der Waals surface area contributed by atoms with Crippen molar-refractivity contribution in [2.24, 2.45) is 0 Å². The van der Waals surface area contributed by atoms with Crippen molar-refractivity contribution in [3.05, 3.63) is 73.3 Å². The molecule has 1 radical (unpaired) electrons. The van der Waals surface area contributed by atoms with Crippen LogP contribution in [0.1, 0.15) is 13.8 Å². The van der Waals surface area contributed by atoms with Gasteiger partial charge in [0.2, 0.25) is 0 Å². The predicted octanol–water partition coefficient (Wildman–Crippen LogP) is 4.34. The molecule has 4 nitrogen and oxygen atoms in total. The number of aromatic nitrogens is 3. The molecule has 0 atom stereocenters. The van der Waals surface area contributed by atoms with E-state index in [0.29, 0.717) is 6.54 Å². The molecule has 0 bridgehead atoms. The topological polar surface area (TPSA) is 50.9 Å². The molecule has 26 heavy (non-hydrogen) atoms. The van der Waals surface area contributed by atoms with E-state index in [1.165, 1.54) is 0 Å². The highest BCUT2D eigenvalue weighted by Crippen LogP contribution is 2.29. The maximum atomic E-state index is 9.93. The first-order valence-corrected chi connectivity index (χ1v) is 8.59. The fourth-order valence-electron chi connectivity index (χ4n) is 3.12. The smallest absolute Gasteiger partial charge is 0.0786 e. The van der Waals surface area contributed by atoms with Crippen LogP contribution in [0.4, 0.5) is 0 Å². The summed E-state index contributed by atoms with van der Waals surface area (Å²) in [5.41, 5.74) is 3.56. The first-order valence-electron chi connectivity index (χ1n) is 8.59. The molecular formula is C22H20N3O. The van der Waals surface area contributed by atoms with E-state index < -0.39 is 5.60 Å². The van der Waals surface area contributed by atoms with E-state index in [4.69, 9.17) is 0 Å². The summed E-state index contributed by atoms with van der Waals surface area (Å²) in [5.74, 6) is 0. The Morgan fingerprint density at radius 3 is 2.54 bits per heavy atom. The number of pyridine rings is 1. The van der Waals surface area contributed by atoms with Crippen LogP contribution in [0.3, 0.4) is 0 Å². The summed E-state index contributed by atoms with van der Waals surface area (Å²) < 4.78 is 1.77. The number of aliphatic hydroxyl groups is 1. The number of fused-ring (bicyclic) bond motifs is 1. The van der Waals surface area contributed by atoms with Crippen LogP contribution in [0.25, 0.3) is 33.0 Å². The molecule has 0 saturated carbocycles. The molecule has 0 amide bonds. The van der Waals surface area contributed by atoms with Gasteiger partial charge in [0.1, 0.15) is 0 Å². The zero-order valence-electron chi connectivity index (χ0n) is 14.8. The third kappa shape index (κ3) is 3.37. The first-order chi connectivity index (χ1) is 12.5. The minimum Gasteiger partial charge on any atom is -0.389 e. The van der Waals surface area contributed by atoms with Gasteiger partial charge in [0, 0.05) is 35.1 Å². The SMILES string of the molecule is CC(C)(O)Cn1cc(-c2ccc(-c3cncc4cc[c]cc34)cc2)cn1. The highest BCUT2D eigenvalue weighted by Gasteiger charge is 2.14. The molecule has 4 aromatic rings. The Bertz CT molecular complexity index is 1040. The zero-order chi connectivity index (χ0) is 18.1. The van der Waals surface area contributed by atoms with Gasteiger partial charge in [-0.05, 0) is 42.5 Å². The Balaban J connectivity index is 1.65. The Kier molecular flexibility index (Phi) is 4.05. The number of nitrogens with zero attached hydrogens (tertiary/aromatic N) is 3. The number of hydrogen-bond acceptors (Lipinski definition) is 3. The molecule has 2 aromatic carbocycles. The average molecular weight is 342 g/mol. The summed E-state index contributed by atoms with van der Waals surface area (Å²) in [6.07, 6.45) is 7.56. The van der Waals surface area contributed by atoms with Crippen LogP contribution in [0.15, 0.2) is 67.3 Å². The summed E-state index contributed by atoms with van der Waals surface area (Å²) in [4.78, 5) is 4.36. The van der Waals surface area contributed by atoms with Crippen molar-refractivity contribution in [1.82, 2.24) is 14.8 Å². The third-order valence-corrected chi connectivity index (χ3v) is 4.32. The fraction of sp³-hybridized carbons (Fsp3) is 0.182. The second-order valence-electron chi connectivity index (χ2n) is 7.15. The van der Waals surface area contributed by atoms with E-state index in [9.17, 15) is 5.11 Å². The van der Waals surface area contributed by atoms with Gasteiger partial charge in [0.15, 0.2) is 0 Å². The highest BCUT2D eigenvalue weighted by molar-refractivity contribution is 5.95. The third-order valence-electron chi connectivity index (χ3n) is 4.32. The number of rotatable bonds is 4. The molecule has 0 aliphatic carbocycles. The van der Waals surface area contributed by atoms with Gasteiger partial charge < -0.3 is 5.11 Å². The predicted molar refractivity (Wildman–Crippen MR) is 104 cm³/mol. The van der Waals surface area contributed by atoms with Crippen molar-refractivity contribution in [3.8, 4) is 22.3 Å². The van der Waals surface area contributed by atoms with Gasteiger partial charge in [0.25, 0.3) is 0 Å². The van der Waals surface area contributed by atoms with E-state index in [1.54, 1.807) is 18.5 Å². The van der Waals surface area contributed by atoms with E-state index in [-0.39, 0.29) is 0 Å². The minimum absolute atomic E-state index is 0.462. The molecule has 4 heteroatoms. The van der Waals surface area contributed by atoms with Crippen molar-refractivity contribution < 1.29 is 5.11 Å². The molecule has 129 valence electrons. The van der Waals surface area contributed by atoms with Crippen LogP contribution in [0.5, 0.6) is 0 Å². The van der Waals surface area contributed by atoms with Crippen LogP contribution in [0, 0.1) is 6.07 Å². The van der Waals surface area contributed by atoms with E-state index >= 15 is 0 Å². The van der Waals surface area contributed by atoms with Gasteiger partial charge >= 0.3 is 0 Å². The van der Waals surface area contributed by atoms with Gasteiger partial charge in [0.05, 0.1) is 18.3 Å². The van der Waals surface area contributed by atoms with Crippen molar-refractivity contribution in [1.29, 1.82) is 0 Å². The lowest BCUT2D eigenvalue weighted by molar-refractivity contribution is 0.0577. The summed E-state index contributed by atoms with van der Waals surface area (Å²) >= 11 is 0. The standard InChI is InChI=1S/C22H20N3O/c1-22(2,26)15-25-14-19(12-24-25)16-7-9-17(10-8-16)21-13-23-11-18-5-3-4-6-20(18)21/h3,5-14,26H,15H2,1-2H3. The molecule has 0 unspecified atom stereocenters. The van der Waals surface area contributed by atoms with E-state index in [2.05, 4.69) is 40.4 Å². The zero-order valence-corrected chi connectivity index (χ0v) is 14.8. The Morgan fingerprint density at radius 2 is 1.77 bits per heavy atom. The van der Waals surface area contributed by atoms with E-state index in [1.807, 2.05) is 43.0 Å². The number of hydrogen-bond donors (Lipinski definition) is 1. The van der Waals surface area contributed by atoms with Crippen molar-refractivity contribution in [3.63, 3.8) is 0 Å². The maximum absolute atomic E-state index is 9.93. The molecule has 0 saturated heterocycles. The monoisotopic (exact) mass is 342 g/mol. The van der Waals surface area contributed by atoms with Gasteiger partial charge in [-0.3, -0.25) is 9.67 Å². The second kappa shape index (κ2) is 6.39. The molecule has 0 aliphatic rings. The molecule has 0 fully saturated rings. The van der Waals surface area contributed by atoms with Crippen LogP contribution < -0.4 is 0 Å². The molecule has 2 aromatic heterocycles. The molecular weight excluding hydrogens is 322 g/mol. The lowest BCUT2D eigenvalue weighted by atomic mass is 9.99. The highest BCUT2D eigenvalue weighted by atomic mass is 16.3. The average Bonchev–Trinajstić information content (AvgIpc) is 3.08. The van der Waals surface area contributed by atoms with Crippen LogP contribution >= 0.6 is 0 Å². The maximum Gasteiger partial charge on any atom is 0.0786 e. The van der Waals surface area contributed by atoms with Crippen molar-refractivity contribution in [2.75, 3.05) is 0 Å². The van der Waals surface area contributed by atoms with Crippen LogP contribution in [-0.4, -0.2) is 25.5 Å². The largest absolute Gasteiger partial charge is 0.389 e. The van der Waals surface area contributed by atoms with E-state index in [0.717, 1.165) is 33.0 Å². The summed E-state index contributed by atoms with van der Waals surface area (Å²) in [6.45, 7) is 4.01. The molecule has 4 rings (SSSR count). The van der Waals surface area contributed by atoms with Crippen LogP contribution in [-0.2, 0) is 6.54 Å². The summed E-state index contributed by atoms with van der Waals surface area (Å²) in [6, 6.07) is 17.5. The molecule has 1 N–H and O–H groups in total. The van der Waals surface area contributed by atoms with Crippen molar-refractivity contribution >= 4 is 10.8 Å². The minimum atomic E-state index is -0.786. The van der Waals surface area contributed by atoms with Crippen LogP contribution in [0.2, 0.25) is 0 Å². The normalized spacial score (nSPS) is 11.8. The number of benzene rings is 2. The molecule has 0 spiro atoms. The molecule has 2 heterocycles. The van der Waals surface area contributed by atoms with Crippen molar-refractivity contribution in [2.45, 2.75) is 26.0 Å². The Hall–Kier alpha value is -2.98. The first kappa shape index (κ1) is 16.5. The Morgan fingerprint density at radius 1 is 1.00 bits per heavy atom. The molecule has 0 aliphatic heterocycles. The van der Waals surface area contributed by atoms with Gasteiger partial charge in [-0.25, -0.2) is 0 Å². The summed E-state index contributed by atoms with van der Waals surface area (Å²) in [7, 11) is 0. The Labute approximate surface area is 152 Å². The van der Waals surface area contributed by atoms with Gasteiger partial charge in [-0.15, -0.1) is 0 Å². The van der Waals surface area contributed by atoms with Gasteiger partial charge in [-0.2, -0.15) is 5.10 Å². The fourth-order valence-corrected chi connectivity index (χ4v) is 3.12. The lowest BCUT2D eigenvalue weighted by Gasteiger charge is -2.16. The quantitative estimate of drug-likeness (QED) is 0.600. The summed E-state index contributed by atoms with van der Waals surface area (Å²) in [5, 5.41) is 16.5. The van der Waals surface area contributed by atoms with Gasteiger partial charge in [-0.1, -0.05) is 36.4 Å². The second-order valence-corrected chi connectivity index (χ2v) is 7.15.